The molecule has 4 heteroatoms. The molecule has 0 radical (unpaired) electrons. The van der Waals surface area contributed by atoms with Gasteiger partial charge < -0.3 is 10.6 Å². The zero-order valence-corrected chi connectivity index (χ0v) is 20.3. The van der Waals surface area contributed by atoms with Gasteiger partial charge in [0, 0.05) is 34.7 Å². The van der Waals surface area contributed by atoms with Crippen LogP contribution in [0.5, 0.6) is 0 Å². The van der Waals surface area contributed by atoms with Gasteiger partial charge in [0.25, 0.3) is 0 Å². The third-order valence-electron chi connectivity index (χ3n) is 6.03. The van der Waals surface area contributed by atoms with E-state index in [1.165, 1.54) is 11.1 Å². The summed E-state index contributed by atoms with van der Waals surface area (Å²) >= 11 is 0. The van der Waals surface area contributed by atoms with Gasteiger partial charge in [-0.2, -0.15) is 0 Å². The summed E-state index contributed by atoms with van der Waals surface area (Å²) in [7, 11) is 0. The van der Waals surface area contributed by atoms with Crippen molar-refractivity contribution in [3.8, 4) is 0 Å². The van der Waals surface area contributed by atoms with E-state index in [-0.39, 0.29) is 22.6 Å². The summed E-state index contributed by atoms with van der Waals surface area (Å²) in [6.45, 7) is 11.7. The summed E-state index contributed by atoms with van der Waals surface area (Å²) in [5.41, 5.74) is 2.09. The molecule has 0 spiro atoms. The summed E-state index contributed by atoms with van der Waals surface area (Å²) in [6.07, 6.45) is 2.15. The van der Waals surface area contributed by atoms with Crippen LogP contribution in [-0.2, 0) is 9.59 Å². The Hall–Kier alpha value is -2.62. The summed E-state index contributed by atoms with van der Waals surface area (Å²) in [4.78, 5) is 23.6. The van der Waals surface area contributed by atoms with Gasteiger partial charge >= 0.3 is 0 Å². The van der Waals surface area contributed by atoms with Crippen LogP contribution in [0.25, 0.3) is 0 Å². The Labute approximate surface area is 193 Å². The van der Waals surface area contributed by atoms with E-state index in [0.717, 1.165) is 12.8 Å². The molecule has 0 unspecified atom stereocenters. The molecule has 0 heterocycles. The first-order valence-electron chi connectivity index (χ1n) is 11.7. The average molecular weight is 435 g/mol. The smallest absolute Gasteiger partial charge is 0.225 e. The van der Waals surface area contributed by atoms with Gasteiger partial charge in [-0.15, -0.1) is 0 Å². The SMILES string of the molecule is CC(C)(C)C(=O)N[C@@H]1C[C@H]1c1ccccc1.CC(C)(C)C(=O)N[C@@H]1C[C@H]1c1ccccc1. The Kier molecular flexibility index (Phi) is 7.12. The molecule has 2 amide bonds. The molecule has 4 rings (SSSR count). The van der Waals surface area contributed by atoms with Crippen molar-refractivity contribution in [1.29, 1.82) is 0 Å². The topological polar surface area (TPSA) is 58.2 Å². The van der Waals surface area contributed by atoms with E-state index in [1.807, 2.05) is 53.7 Å². The van der Waals surface area contributed by atoms with Gasteiger partial charge in [0.2, 0.25) is 11.8 Å². The van der Waals surface area contributed by atoms with E-state index >= 15 is 0 Å². The molecule has 2 saturated carbocycles. The lowest BCUT2D eigenvalue weighted by atomic mass is 9.95. The van der Waals surface area contributed by atoms with Crippen molar-refractivity contribution in [2.24, 2.45) is 10.8 Å². The Balaban J connectivity index is 0.000000181. The molecule has 4 nitrogen and oxygen atoms in total. The molecule has 2 N–H and O–H groups in total. The zero-order valence-electron chi connectivity index (χ0n) is 20.3. The average Bonchev–Trinajstić information content (AvgIpc) is 3.65. The largest absolute Gasteiger partial charge is 0.352 e. The van der Waals surface area contributed by atoms with Crippen LogP contribution in [0.2, 0.25) is 0 Å². The fourth-order valence-corrected chi connectivity index (χ4v) is 3.62. The quantitative estimate of drug-likeness (QED) is 0.676. The first-order chi connectivity index (χ1) is 15.0. The Morgan fingerprint density at radius 3 is 1.22 bits per heavy atom. The first-order valence-corrected chi connectivity index (χ1v) is 11.7. The van der Waals surface area contributed by atoms with E-state index in [1.54, 1.807) is 0 Å². The Morgan fingerprint density at radius 1 is 0.625 bits per heavy atom. The molecule has 2 aliphatic carbocycles. The van der Waals surface area contributed by atoms with Crippen molar-refractivity contribution in [1.82, 2.24) is 10.6 Å². The normalized spacial score (nSPS) is 23.9. The molecular formula is C28H38N2O2. The number of carbonyl (C=O) groups excluding carboxylic acids is 2. The zero-order chi connectivity index (χ0) is 23.5. The lowest BCUT2D eigenvalue weighted by Crippen LogP contribution is -2.36. The monoisotopic (exact) mass is 434 g/mol. The molecule has 0 aromatic heterocycles. The van der Waals surface area contributed by atoms with Crippen molar-refractivity contribution in [3.05, 3.63) is 71.8 Å². The van der Waals surface area contributed by atoms with Crippen LogP contribution in [0.15, 0.2) is 60.7 Å². The highest BCUT2D eigenvalue weighted by molar-refractivity contribution is 5.82. The van der Waals surface area contributed by atoms with E-state index in [9.17, 15) is 9.59 Å². The lowest BCUT2D eigenvalue weighted by molar-refractivity contribution is -0.129. The maximum Gasteiger partial charge on any atom is 0.225 e. The standard InChI is InChI=1S/2C14H19NO/c2*1-14(2,3)13(16)15-12-9-11(12)10-7-5-4-6-8-10/h2*4-8,11-12H,9H2,1-3H3,(H,15,16)/t2*11-,12+/m00/s1. The third kappa shape index (κ3) is 6.69. The van der Waals surface area contributed by atoms with Gasteiger partial charge in [-0.3, -0.25) is 9.59 Å². The van der Waals surface area contributed by atoms with E-state index in [0.29, 0.717) is 23.9 Å². The van der Waals surface area contributed by atoms with Gasteiger partial charge in [-0.05, 0) is 24.0 Å². The molecule has 2 aromatic carbocycles. The lowest BCUT2D eigenvalue weighted by Gasteiger charge is -2.17. The molecule has 2 fully saturated rings. The van der Waals surface area contributed by atoms with E-state index in [2.05, 4.69) is 59.2 Å². The minimum Gasteiger partial charge on any atom is -0.352 e. The maximum atomic E-state index is 11.8. The fourth-order valence-electron chi connectivity index (χ4n) is 3.62. The number of benzene rings is 2. The third-order valence-corrected chi connectivity index (χ3v) is 6.03. The summed E-state index contributed by atoms with van der Waals surface area (Å²) in [6, 6.07) is 21.5. The Bertz CT molecular complexity index is 832. The van der Waals surface area contributed by atoms with Crippen LogP contribution in [0.4, 0.5) is 0 Å². The number of rotatable bonds is 4. The molecule has 0 aliphatic heterocycles. The van der Waals surface area contributed by atoms with Crippen LogP contribution < -0.4 is 10.6 Å². The highest BCUT2D eigenvalue weighted by Gasteiger charge is 2.41. The van der Waals surface area contributed by atoms with Crippen LogP contribution in [-0.4, -0.2) is 23.9 Å². The number of hydrogen-bond acceptors (Lipinski definition) is 2. The van der Waals surface area contributed by atoms with Crippen LogP contribution in [0.3, 0.4) is 0 Å². The molecule has 0 bridgehead atoms. The second kappa shape index (κ2) is 9.48. The van der Waals surface area contributed by atoms with Crippen molar-refractivity contribution < 1.29 is 9.59 Å². The minimum atomic E-state index is -0.288. The number of amides is 2. The van der Waals surface area contributed by atoms with E-state index < -0.39 is 0 Å². The van der Waals surface area contributed by atoms with Crippen molar-refractivity contribution in [3.63, 3.8) is 0 Å². The van der Waals surface area contributed by atoms with Gasteiger partial charge in [-0.1, -0.05) is 102 Å². The minimum absolute atomic E-state index is 0.149. The van der Waals surface area contributed by atoms with Gasteiger partial charge in [0.05, 0.1) is 0 Å². The molecular weight excluding hydrogens is 396 g/mol. The van der Waals surface area contributed by atoms with Crippen LogP contribution in [0, 0.1) is 10.8 Å². The second-order valence-electron chi connectivity index (χ2n) is 11.2. The predicted molar refractivity (Wildman–Crippen MR) is 130 cm³/mol. The Morgan fingerprint density at radius 2 is 0.938 bits per heavy atom. The van der Waals surface area contributed by atoms with Crippen LogP contribution >= 0.6 is 0 Å². The van der Waals surface area contributed by atoms with E-state index in [4.69, 9.17) is 0 Å². The molecule has 0 saturated heterocycles. The van der Waals surface area contributed by atoms with Gasteiger partial charge in [0.1, 0.15) is 0 Å². The molecule has 4 atom stereocenters. The van der Waals surface area contributed by atoms with Gasteiger partial charge in [0.15, 0.2) is 0 Å². The highest BCUT2D eigenvalue weighted by Crippen LogP contribution is 2.41. The molecule has 2 aliphatic rings. The number of carbonyl (C=O) groups is 2. The summed E-state index contributed by atoms with van der Waals surface area (Å²) in [5, 5.41) is 6.21. The first kappa shape index (κ1) is 24.0. The maximum absolute atomic E-state index is 11.8. The highest BCUT2D eigenvalue weighted by atomic mass is 16.2. The van der Waals surface area contributed by atoms with Gasteiger partial charge in [-0.25, -0.2) is 0 Å². The summed E-state index contributed by atoms with van der Waals surface area (Å²) < 4.78 is 0. The fraction of sp³-hybridized carbons (Fsp3) is 0.500. The van der Waals surface area contributed by atoms with Crippen LogP contribution in [0.1, 0.15) is 77.3 Å². The number of nitrogens with one attached hydrogen (secondary N) is 2. The molecule has 2 aromatic rings. The molecule has 32 heavy (non-hydrogen) atoms. The van der Waals surface area contributed by atoms with Crippen molar-refractivity contribution in [2.75, 3.05) is 0 Å². The summed E-state index contributed by atoms with van der Waals surface area (Å²) in [5.74, 6) is 1.34. The number of hydrogen-bond donors (Lipinski definition) is 2. The molecule has 172 valence electrons. The predicted octanol–water partition coefficient (Wildman–Crippen LogP) is 5.41. The van der Waals surface area contributed by atoms with Crippen molar-refractivity contribution >= 4 is 11.8 Å². The second-order valence-corrected chi connectivity index (χ2v) is 11.2. The van der Waals surface area contributed by atoms with Crippen molar-refractivity contribution in [2.45, 2.75) is 78.3 Å².